The molecule has 0 aliphatic heterocycles. The van der Waals surface area contributed by atoms with Crippen molar-refractivity contribution in [3.8, 4) is 17.0 Å². The van der Waals surface area contributed by atoms with Crippen molar-refractivity contribution in [2.45, 2.75) is 6.92 Å². The number of para-hydroxylation sites is 1. The van der Waals surface area contributed by atoms with E-state index < -0.39 is 0 Å². The number of ether oxygens (including phenoxy) is 1. The maximum atomic E-state index is 13.2. The highest BCUT2D eigenvalue weighted by atomic mass is 35.5. The highest BCUT2D eigenvalue weighted by molar-refractivity contribution is 6.30. The molecule has 0 saturated carbocycles. The number of amides is 1. The molecule has 5 aromatic rings. The van der Waals surface area contributed by atoms with Crippen molar-refractivity contribution in [3.63, 3.8) is 0 Å². The first-order chi connectivity index (χ1) is 17.0. The second-order valence-corrected chi connectivity index (χ2v) is 8.58. The van der Waals surface area contributed by atoms with E-state index in [4.69, 9.17) is 21.3 Å². The number of nitrogens with zero attached hydrogens (tertiary/aromatic N) is 2. The lowest BCUT2D eigenvalue weighted by atomic mass is 10.0. The molecule has 1 N–H and O–H groups in total. The second kappa shape index (κ2) is 9.57. The number of halogens is 1. The van der Waals surface area contributed by atoms with Crippen LogP contribution in [0.2, 0.25) is 5.02 Å². The molecule has 6 heteroatoms. The van der Waals surface area contributed by atoms with Gasteiger partial charge in [0.25, 0.3) is 5.91 Å². The summed E-state index contributed by atoms with van der Waals surface area (Å²) in [6.07, 6.45) is 0. The Hall–Kier alpha value is -4.22. The van der Waals surface area contributed by atoms with E-state index in [0.29, 0.717) is 22.0 Å². The molecule has 0 aliphatic rings. The molecular weight excluding hydrogens is 458 g/mol. The topological polar surface area (TPSA) is 63.6 Å². The number of pyridine rings is 1. The van der Waals surface area contributed by atoms with E-state index in [1.807, 2.05) is 79.7 Å². The van der Waals surface area contributed by atoms with Crippen molar-refractivity contribution in [3.05, 3.63) is 107 Å². The quantitative estimate of drug-likeness (QED) is 0.221. The summed E-state index contributed by atoms with van der Waals surface area (Å²) in [6, 6.07) is 28.7. The fourth-order valence-electron chi connectivity index (χ4n) is 3.97. The van der Waals surface area contributed by atoms with E-state index in [0.717, 1.165) is 38.6 Å². The van der Waals surface area contributed by atoms with E-state index in [2.05, 4.69) is 10.5 Å². The third-order valence-electron chi connectivity index (χ3n) is 5.89. The summed E-state index contributed by atoms with van der Waals surface area (Å²) in [6.45, 7) is 1.87. The lowest BCUT2D eigenvalue weighted by Crippen LogP contribution is -2.20. The molecule has 0 saturated heterocycles. The second-order valence-electron chi connectivity index (χ2n) is 8.15. The van der Waals surface area contributed by atoms with Crippen LogP contribution in [0.25, 0.3) is 32.9 Å². The number of hydrogen-bond acceptors (Lipinski definition) is 4. The molecule has 0 unspecified atom stereocenters. The number of carbonyl (C=O) groups is 1. The number of rotatable bonds is 5. The molecular formula is C29H22ClN3O2. The van der Waals surface area contributed by atoms with Crippen LogP contribution in [0, 0.1) is 0 Å². The molecule has 0 spiro atoms. The third kappa shape index (κ3) is 4.72. The average Bonchev–Trinajstić information content (AvgIpc) is 2.90. The number of fused-ring (bicyclic) bond motifs is 2. The van der Waals surface area contributed by atoms with Gasteiger partial charge in [0.1, 0.15) is 5.75 Å². The highest BCUT2D eigenvalue weighted by Gasteiger charge is 2.14. The summed E-state index contributed by atoms with van der Waals surface area (Å²) in [7, 11) is 1.65. The predicted octanol–water partition coefficient (Wildman–Crippen LogP) is 6.87. The summed E-state index contributed by atoms with van der Waals surface area (Å²) < 4.78 is 5.30. The SMILES string of the molecule is COc1ccc2cc(C(C)=NNC(=O)c3cc(-c4ccc(Cl)cc4)nc4ccccc34)ccc2c1. The van der Waals surface area contributed by atoms with Crippen LogP contribution < -0.4 is 10.2 Å². The maximum absolute atomic E-state index is 13.2. The van der Waals surface area contributed by atoms with Crippen LogP contribution in [0.1, 0.15) is 22.8 Å². The average molecular weight is 480 g/mol. The van der Waals surface area contributed by atoms with Crippen molar-refractivity contribution >= 4 is 44.9 Å². The van der Waals surface area contributed by atoms with Gasteiger partial charge in [0.2, 0.25) is 0 Å². The molecule has 172 valence electrons. The Labute approximate surface area is 208 Å². The minimum atomic E-state index is -0.302. The van der Waals surface area contributed by atoms with Crippen LogP contribution in [0.5, 0.6) is 5.75 Å². The minimum absolute atomic E-state index is 0.302. The number of methoxy groups -OCH3 is 1. The van der Waals surface area contributed by atoms with Crippen LogP contribution in [0.15, 0.2) is 96.1 Å². The highest BCUT2D eigenvalue weighted by Crippen LogP contribution is 2.26. The van der Waals surface area contributed by atoms with E-state index in [1.165, 1.54) is 0 Å². The first-order valence-corrected chi connectivity index (χ1v) is 11.5. The van der Waals surface area contributed by atoms with Gasteiger partial charge in [0.15, 0.2) is 0 Å². The number of carbonyl (C=O) groups excluding carboxylic acids is 1. The van der Waals surface area contributed by atoms with Crippen molar-refractivity contribution in [1.82, 2.24) is 10.4 Å². The van der Waals surface area contributed by atoms with Gasteiger partial charge in [-0.1, -0.05) is 60.1 Å². The van der Waals surface area contributed by atoms with Crippen molar-refractivity contribution in [2.24, 2.45) is 5.10 Å². The Bertz CT molecular complexity index is 1590. The van der Waals surface area contributed by atoms with E-state index >= 15 is 0 Å². The monoisotopic (exact) mass is 479 g/mol. The Morgan fingerprint density at radius 2 is 1.66 bits per heavy atom. The number of benzene rings is 4. The normalized spacial score (nSPS) is 11.6. The molecule has 1 aromatic heterocycles. The van der Waals surface area contributed by atoms with Gasteiger partial charge >= 0.3 is 0 Å². The van der Waals surface area contributed by atoms with Crippen LogP contribution in [0.4, 0.5) is 0 Å². The Morgan fingerprint density at radius 3 is 2.46 bits per heavy atom. The van der Waals surface area contributed by atoms with Gasteiger partial charge in [-0.05, 0) is 65.7 Å². The molecule has 0 fully saturated rings. The molecule has 4 aromatic carbocycles. The third-order valence-corrected chi connectivity index (χ3v) is 6.14. The summed E-state index contributed by atoms with van der Waals surface area (Å²) in [4.78, 5) is 18.0. The first-order valence-electron chi connectivity index (χ1n) is 11.1. The van der Waals surface area contributed by atoms with Gasteiger partial charge in [-0.25, -0.2) is 10.4 Å². The Kier molecular flexibility index (Phi) is 6.17. The molecule has 0 aliphatic carbocycles. The van der Waals surface area contributed by atoms with Crippen molar-refractivity contribution in [1.29, 1.82) is 0 Å². The minimum Gasteiger partial charge on any atom is -0.497 e. The van der Waals surface area contributed by atoms with E-state index in [-0.39, 0.29) is 5.91 Å². The summed E-state index contributed by atoms with van der Waals surface area (Å²) >= 11 is 6.04. The van der Waals surface area contributed by atoms with Crippen molar-refractivity contribution < 1.29 is 9.53 Å². The number of aromatic nitrogens is 1. The smallest absolute Gasteiger partial charge is 0.272 e. The van der Waals surface area contributed by atoms with Crippen LogP contribution in [-0.2, 0) is 0 Å². The van der Waals surface area contributed by atoms with E-state index in [1.54, 1.807) is 25.3 Å². The summed E-state index contributed by atoms with van der Waals surface area (Å²) in [5.74, 6) is 0.508. The van der Waals surface area contributed by atoms with Crippen LogP contribution in [0.3, 0.4) is 0 Å². The lowest BCUT2D eigenvalue weighted by Gasteiger charge is -2.10. The van der Waals surface area contributed by atoms with Crippen LogP contribution >= 0.6 is 11.6 Å². The maximum Gasteiger partial charge on any atom is 0.272 e. The van der Waals surface area contributed by atoms with Gasteiger partial charge < -0.3 is 4.74 Å². The standard InChI is InChI=1S/C29H22ClN3O2/c1-18(20-7-8-22-16-24(35-2)14-11-21(22)15-20)32-33-29(34)26-17-28(19-9-12-23(30)13-10-19)31-27-6-4-3-5-25(26)27/h3-17H,1-2H3,(H,33,34). The van der Waals surface area contributed by atoms with Gasteiger partial charge in [-0.2, -0.15) is 5.10 Å². The first kappa shape index (κ1) is 22.6. The summed E-state index contributed by atoms with van der Waals surface area (Å²) in [5.41, 5.74) is 7.15. The summed E-state index contributed by atoms with van der Waals surface area (Å²) in [5, 5.41) is 7.93. The van der Waals surface area contributed by atoms with E-state index in [9.17, 15) is 4.79 Å². The zero-order chi connectivity index (χ0) is 24.4. The zero-order valence-corrected chi connectivity index (χ0v) is 20.0. The van der Waals surface area contributed by atoms with Gasteiger partial charge in [0.05, 0.1) is 29.6 Å². The van der Waals surface area contributed by atoms with Crippen LogP contribution in [-0.4, -0.2) is 23.7 Å². The van der Waals surface area contributed by atoms with Crippen molar-refractivity contribution in [2.75, 3.05) is 7.11 Å². The fraction of sp³-hybridized carbons (Fsp3) is 0.0690. The Balaban J connectivity index is 1.46. The molecule has 35 heavy (non-hydrogen) atoms. The number of hydrogen-bond donors (Lipinski definition) is 1. The Morgan fingerprint density at radius 1 is 0.914 bits per heavy atom. The molecule has 0 radical (unpaired) electrons. The lowest BCUT2D eigenvalue weighted by molar-refractivity contribution is 0.0956. The molecule has 5 nitrogen and oxygen atoms in total. The molecule has 0 bridgehead atoms. The number of nitrogens with one attached hydrogen (secondary N) is 1. The molecule has 1 heterocycles. The molecule has 0 atom stereocenters. The largest absolute Gasteiger partial charge is 0.497 e. The zero-order valence-electron chi connectivity index (χ0n) is 19.2. The molecule has 5 rings (SSSR count). The number of hydrazone groups is 1. The van der Waals surface area contributed by atoms with Gasteiger partial charge in [-0.15, -0.1) is 0 Å². The molecule has 1 amide bonds. The van der Waals surface area contributed by atoms with Gasteiger partial charge in [-0.3, -0.25) is 4.79 Å². The van der Waals surface area contributed by atoms with Gasteiger partial charge in [0, 0.05) is 16.0 Å². The fourth-order valence-corrected chi connectivity index (χ4v) is 4.09. The predicted molar refractivity (Wildman–Crippen MR) is 142 cm³/mol.